The van der Waals surface area contributed by atoms with Gasteiger partial charge in [-0.25, -0.2) is 0 Å². The zero-order valence-corrected chi connectivity index (χ0v) is 18.1. The quantitative estimate of drug-likeness (QED) is 0.304. The maximum absolute atomic E-state index is 10.6. The Hall–Kier alpha value is -1.45. The molecule has 1 saturated carbocycles. The number of aldehydes is 1. The lowest BCUT2D eigenvalue weighted by Crippen LogP contribution is -2.18. The average Bonchev–Trinajstić information content (AvgIpc) is 2.70. The second kappa shape index (κ2) is 15.6. The van der Waals surface area contributed by atoms with Gasteiger partial charge in [0.15, 0.2) is 6.29 Å². The van der Waals surface area contributed by atoms with Crippen molar-refractivity contribution >= 4 is 6.29 Å². The molecule has 3 unspecified atom stereocenters. The van der Waals surface area contributed by atoms with Crippen LogP contribution in [0, 0.1) is 11.8 Å². The molecule has 2 rings (SSSR count). The molecule has 1 aromatic carbocycles. The number of hydrogen-bond donors (Lipinski definition) is 0. The topological polar surface area (TPSA) is 35.5 Å². The number of benzene rings is 1. The Morgan fingerprint density at radius 1 is 1.07 bits per heavy atom. The molecule has 0 N–H and O–H groups in total. The molecule has 1 aliphatic rings. The van der Waals surface area contributed by atoms with E-state index in [0.717, 1.165) is 36.9 Å². The van der Waals surface area contributed by atoms with E-state index >= 15 is 0 Å². The summed E-state index contributed by atoms with van der Waals surface area (Å²) in [5.74, 6) is 2.32. The molecule has 0 spiro atoms. The van der Waals surface area contributed by atoms with Gasteiger partial charge >= 0.3 is 0 Å². The molecule has 1 aromatic rings. The number of ether oxygens (including phenoxy) is 2. The van der Waals surface area contributed by atoms with E-state index in [1.165, 1.54) is 31.2 Å². The summed E-state index contributed by atoms with van der Waals surface area (Å²) in [7, 11) is 0. The highest BCUT2D eigenvalue weighted by Crippen LogP contribution is 2.38. The third-order valence-electron chi connectivity index (χ3n) is 5.09. The molecule has 0 aliphatic heterocycles. The van der Waals surface area contributed by atoms with Gasteiger partial charge in [-0.1, -0.05) is 51.0 Å². The second-order valence-corrected chi connectivity index (χ2v) is 7.08. The Morgan fingerprint density at radius 3 is 2.07 bits per heavy atom. The van der Waals surface area contributed by atoms with E-state index < -0.39 is 0 Å². The largest absolute Gasteiger partial charge is 0.353 e. The highest BCUT2D eigenvalue weighted by molar-refractivity contribution is 5.74. The number of carbonyl (C=O) groups excluding carboxylic acids is 1. The Labute approximate surface area is 167 Å². The normalized spacial score (nSPS) is 19.9. The fourth-order valence-corrected chi connectivity index (χ4v) is 3.60. The molecule has 3 nitrogen and oxygen atoms in total. The molecule has 0 radical (unpaired) electrons. The highest BCUT2D eigenvalue weighted by Gasteiger charge is 2.24. The van der Waals surface area contributed by atoms with Gasteiger partial charge < -0.3 is 9.47 Å². The van der Waals surface area contributed by atoms with Gasteiger partial charge in [-0.2, -0.15) is 0 Å². The molecule has 0 heterocycles. The Balaban J connectivity index is 0.000000574. The maximum Gasteiger partial charge on any atom is 0.154 e. The monoisotopic (exact) mass is 376 g/mol. The lowest BCUT2D eigenvalue weighted by atomic mass is 9.74. The van der Waals surface area contributed by atoms with Crippen molar-refractivity contribution in [2.45, 2.75) is 72.5 Å². The van der Waals surface area contributed by atoms with Crippen molar-refractivity contribution < 1.29 is 14.3 Å². The summed E-state index contributed by atoms with van der Waals surface area (Å²) in [6, 6.07) is 8.11. The van der Waals surface area contributed by atoms with Crippen molar-refractivity contribution in [3.8, 4) is 0 Å². The summed E-state index contributed by atoms with van der Waals surface area (Å²) in [5, 5.41) is 0. The number of rotatable bonds is 7. The van der Waals surface area contributed by atoms with Gasteiger partial charge in [-0.15, -0.1) is 13.2 Å². The van der Waals surface area contributed by atoms with Gasteiger partial charge in [0.1, 0.15) is 6.29 Å². The SMILES string of the molecule is C=C.CC1CCCC(C(C)c2ccc(C=O)cc2)C1.CCOC(C)OCC. The van der Waals surface area contributed by atoms with Crippen molar-refractivity contribution in [2.75, 3.05) is 13.2 Å². The van der Waals surface area contributed by atoms with Crippen LogP contribution in [0.1, 0.15) is 82.1 Å². The van der Waals surface area contributed by atoms with Gasteiger partial charge in [0, 0.05) is 18.8 Å². The van der Waals surface area contributed by atoms with Crippen LogP contribution in [0.25, 0.3) is 0 Å². The van der Waals surface area contributed by atoms with Crippen LogP contribution in [-0.4, -0.2) is 25.8 Å². The van der Waals surface area contributed by atoms with E-state index in [4.69, 9.17) is 9.47 Å². The average molecular weight is 377 g/mol. The molecular formula is C24H40O3. The molecule has 1 aliphatic carbocycles. The summed E-state index contributed by atoms with van der Waals surface area (Å²) in [6.07, 6.45) is 6.37. The van der Waals surface area contributed by atoms with E-state index in [1.54, 1.807) is 0 Å². The molecule has 154 valence electrons. The first-order valence-electron chi connectivity index (χ1n) is 10.3. The van der Waals surface area contributed by atoms with Crippen molar-refractivity contribution in [3.63, 3.8) is 0 Å². The van der Waals surface area contributed by atoms with Crippen LogP contribution in [0.4, 0.5) is 0 Å². The summed E-state index contributed by atoms with van der Waals surface area (Å²) in [4.78, 5) is 10.6. The van der Waals surface area contributed by atoms with E-state index in [0.29, 0.717) is 5.92 Å². The standard InChI is InChI=1S/C16H22O.C6H14O2.C2H4/c1-12-4-3-5-16(10-12)13(2)15-8-6-14(11-17)7-9-15;1-4-7-6(3)8-5-2;1-2/h6-9,11-13,16H,3-5,10H2,1-2H3;6H,4-5H2,1-3H3;1-2H2. The molecule has 0 amide bonds. The lowest BCUT2D eigenvalue weighted by molar-refractivity contribution is -0.123. The van der Waals surface area contributed by atoms with Crippen LogP contribution in [0.15, 0.2) is 37.4 Å². The van der Waals surface area contributed by atoms with Gasteiger partial charge in [0.25, 0.3) is 0 Å². The Kier molecular flexibility index (Phi) is 14.8. The van der Waals surface area contributed by atoms with E-state index in [9.17, 15) is 4.79 Å². The molecule has 3 atom stereocenters. The molecule has 27 heavy (non-hydrogen) atoms. The highest BCUT2D eigenvalue weighted by atomic mass is 16.7. The predicted octanol–water partition coefficient (Wildman–Crippen LogP) is 6.64. The predicted molar refractivity (Wildman–Crippen MR) is 115 cm³/mol. The number of carbonyl (C=O) groups is 1. The zero-order valence-electron chi connectivity index (χ0n) is 18.1. The molecule has 0 saturated heterocycles. The van der Waals surface area contributed by atoms with Gasteiger partial charge in [-0.05, 0) is 56.9 Å². The third-order valence-corrected chi connectivity index (χ3v) is 5.09. The maximum atomic E-state index is 10.6. The van der Waals surface area contributed by atoms with Gasteiger partial charge in [-0.3, -0.25) is 4.79 Å². The summed E-state index contributed by atoms with van der Waals surface area (Å²) >= 11 is 0. The van der Waals surface area contributed by atoms with Crippen molar-refractivity contribution in [3.05, 3.63) is 48.6 Å². The van der Waals surface area contributed by atoms with Gasteiger partial charge in [0.05, 0.1) is 0 Å². The van der Waals surface area contributed by atoms with Gasteiger partial charge in [0.2, 0.25) is 0 Å². The molecule has 3 heteroatoms. The summed E-state index contributed by atoms with van der Waals surface area (Å²) < 4.78 is 10.1. The smallest absolute Gasteiger partial charge is 0.154 e. The minimum Gasteiger partial charge on any atom is -0.353 e. The molecule has 1 fully saturated rings. The molecule has 0 aromatic heterocycles. The van der Waals surface area contributed by atoms with E-state index in [2.05, 4.69) is 39.1 Å². The first-order valence-corrected chi connectivity index (χ1v) is 10.3. The fourth-order valence-electron chi connectivity index (χ4n) is 3.60. The van der Waals surface area contributed by atoms with Crippen LogP contribution in [0.3, 0.4) is 0 Å². The van der Waals surface area contributed by atoms with Crippen molar-refractivity contribution in [1.82, 2.24) is 0 Å². The van der Waals surface area contributed by atoms with Crippen molar-refractivity contribution in [1.29, 1.82) is 0 Å². The fraction of sp³-hybridized carbons (Fsp3) is 0.625. The first kappa shape index (κ1) is 25.6. The molecule has 0 bridgehead atoms. The first-order chi connectivity index (χ1) is 13.0. The van der Waals surface area contributed by atoms with E-state index in [1.807, 2.05) is 32.9 Å². The number of hydrogen-bond acceptors (Lipinski definition) is 3. The third kappa shape index (κ3) is 10.5. The minimum atomic E-state index is -0.0370. The zero-order chi connectivity index (χ0) is 20.7. The van der Waals surface area contributed by atoms with Crippen LogP contribution < -0.4 is 0 Å². The summed E-state index contributed by atoms with van der Waals surface area (Å²) in [5.41, 5.74) is 2.16. The van der Waals surface area contributed by atoms with Crippen molar-refractivity contribution in [2.24, 2.45) is 11.8 Å². The Morgan fingerprint density at radius 2 is 1.63 bits per heavy atom. The summed E-state index contributed by atoms with van der Waals surface area (Å²) in [6.45, 7) is 18.0. The minimum absolute atomic E-state index is 0.0370. The second-order valence-electron chi connectivity index (χ2n) is 7.08. The van der Waals surface area contributed by atoms with Crippen LogP contribution >= 0.6 is 0 Å². The molecular weight excluding hydrogens is 336 g/mol. The Bertz CT molecular complexity index is 477. The van der Waals surface area contributed by atoms with E-state index in [-0.39, 0.29) is 6.29 Å². The lowest BCUT2D eigenvalue weighted by Gasteiger charge is -2.31. The van der Waals surface area contributed by atoms with Crippen LogP contribution in [0.5, 0.6) is 0 Å². The van der Waals surface area contributed by atoms with Crippen LogP contribution in [-0.2, 0) is 9.47 Å². The van der Waals surface area contributed by atoms with Crippen LogP contribution in [0.2, 0.25) is 0 Å².